The lowest BCUT2D eigenvalue weighted by atomic mass is 10.2. The number of nitrogens with zero attached hydrogens (tertiary/aromatic N) is 2. The summed E-state index contributed by atoms with van der Waals surface area (Å²) in [6.07, 6.45) is 0.308. The molecule has 1 aliphatic rings. The van der Waals surface area contributed by atoms with E-state index in [0.717, 1.165) is 5.69 Å². The summed E-state index contributed by atoms with van der Waals surface area (Å²) in [6.45, 7) is 1.37. The van der Waals surface area contributed by atoms with E-state index in [1.807, 2.05) is 30.3 Å². The second-order valence-corrected chi connectivity index (χ2v) is 5.99. The first-order valence-electron chi connectivity index (χ1n) is 7.80. The van der Waals surface area contributed by atoms with E-state index in [9.17, 15) is 9.59 Å². The lowest BCUT2D eigenvalue weighted by Crippen LogP contribution is -2.38. The molecule has 1 fully saturated rings. The minimum absolute atomic E-state index is 0.0305. The van der Waals surface area contributed by atoms with Crippen molar-refractivity contribution in [3.63, 3.8) is 0 Å². The summed E-state index contributed by atoms with van der Waals surface area (Å²) >= 11 is 5.84. The zero-order valence-corrected chi connectivity index (χ0v) is 13.9. The topological polar surface area (TPSA) is 52.7 Å². The van der Waals surface area contributed by atoms with Crippen molar-refractivity contribution in [2.45, 2.75) is 6.42 Å². The Morgan fingerprint density at radius 3 is 2.38 bits per heavy atom. The van der Waals surface area contributed by atoms with Gasteiger partial charge in [0.05, 0.1) is 0 Å². The van der Waals surface area contributed by atoms with E-state index in [0.29, 0.717) is 36.8 Å². The zero-order chi connectivity index (χ0) is 16.9. The van der Waals surface area contributed by atoms with E-state index >= 15 is 0 Å². The number of anilines is 2. The Kier molecular flexibility index (Phi) is 5.01. The van der Waals surface area contributed by atoms with Gasteiger partial charge in [-0.3, -0.25) is 4.79 Å². The number of nitrogens with one attached hydrogen (secondary N) is 1. The van der Waals surface area contributed by atoms with Crippen LogP contribution in [0.3, 0.4) is 0 Å². The van der Waals surface area contributed by atoms with Crippen LogP contribution in [0.4, 0.5) is 16.2 Å². The number of amides is 3. The third-order valence-corrected chi connectivity index (χ3v) is 4.19. The fourth-order valence-electron chi connectivity index (χ4n) is 2.64. The first-order valence-corrected chi connectivity index (χ1v) is 8.18. The summed E-state index contributed by atoms with van der Waals surface area (Å²) in [4.78, 5) is 28.1. The lowest BCUT2D eigenvalue weighted by Gasteiger charge is -2.22. The summed E-state index contributed by atoms with van der Waals surface area (Å²) in [5.41, 5.74) is 1.54. The molecule has 0 spiro atoms. The predicted octanol–water partition coefficient (Wildman–Crippen LogP) is 3.61. The average molecular weight is 344 g/mol. The number of urea groups is 1. The Labute approximate surface area is 145 Å². The van der Waals surface area contributed by atoms with Crippen LogP contribution < -0.4 is 10.2 Å². The molecule has 1 heterocycles. The van der Waals surface area contributed by atoms with Gasteiger partial charge in [-0.2, -0.15) is 0 Å². The Balaban J connectivity index is 1.65. The van der Waals surface area contributed by atoms with Gasteiger partial charge in [0, 0.05) is 42.5 Å². The maximum absolute atomic E-state index is 12.4. The molecule has 124 valence electrons. The summed E-state index contributed by atoms with van der Waals surface area (Å²) in [7, 11) is 0. The molecule has 3 rings (SSSR count). The molecule has 0 aromatic heterocycles. The molecule has 0 radical (unpaired) electrons. The number of hydrogen-bond donors (Lipinski definition) is 1. The van der Waals surface area contributed by atoms with Crippen LogP contribution in [-0.4, -0.2) is 36.5 Å². The van der Waals surface area contributed by atoms with Crippen molar-refractivity contribution in [2.24, 2.45) is 0 Å². The van der Waals surface area contributed by atoms with Crippen LogP contribution in [-0.2, 0) is 4.79 Å². The molecule has 2 aromatic rings. The van der Waals surface area contributed by atoms with Gasteiger partial charge in [0.1, 0.15) is 0 Å². The van der Waals surface area contributed by atoms with Crippen LogP contribution >= 0.6 is 11.6 Å². The summed E-state index contributed by atoms with van der Waals surface area (Å²) in [5, 5.41) is 3.45. The normalized spacial score (nSPS) is 15.1. The van der Waals surface area contributed by atoms with Crippen molar-refractivity contribution in [2.75, 3.05) is 29.9 Å². The van der Waals surface area contributed by atoms with Gasteiger partial charge >= 0.3 is 6.03 Å². The van der Waals surface area contributed by atoms with Crippen molar-refractivity contribution in [1.29, 1.82) is 0 Å². The molecule has 1 aliphatic heterocycles. The highest BCUT2D eigenvalue weighted by Gasteiger charge is 2.24. The molecule has 0 bridgehead atoms. The van der Waals surface area contributed by atoms with E-state index in [1.165, 1.54) is 0 Å². The van der Waals surface area contributed by atoms with Crippen LogP contribution in [0.1, 0.15) is 6.42 Å². The van der Waals surface area contributed by atoms with Gasteiger partial charge < -0.3 is 15.1 Å². The van der Waals surface area contributed by atoms with E-state index in [1.54, 1.807) is 34.1 Å². The molecule has 0 atom stereocenters. The molecule has 3 amide bonds. The molecular weight excluding hydrogens is 326 g/mol. The quantitative estimate of drug-likeness (QED) is 0.905. The summed E-state index contributed by atoms with van der Waals surface area (Å²) < 4.78 is 0. The fourth-order valence-corrected chi connectivity index (χ4v) is 2.77. The minimum atomic E-state index is -0.208. The molecular formula is C18H18ClN3O2. The molecule has 5 nitrogen and oxygen atoms in total. The van der Waals surface area contributed by atoms with Crippen molar-refractivity contribution in [1.82, 2.24) is 4.90 Å². The van der Waals surface area contributed by atoms with Crippen LogP contribution in [0.15, 0.2) is 54.6 Å². The van der Waals surface area contributed by atoms with Gasteiger partial charge in [-0.25, -0.2) is 4.79 Å². The van der Waals surface area contributed by atoms with Crippen molar-refractivity contribution >= 4 is 34.9 Å². The number of rotatable bonds is 2. The molecule has 2 aromatic carbocycles. The average Bonchev–Trinajstić information content (AvgIpc) is 2.79. The Morgan fingerprint density at radius 2 is 1.67 bits per heavy atom. The van der Waals surface area contributed by atoms with E-state index in [4.69, 9.17) is 11.6 Å². The fraction of sp³-hybridized carbons (Fsp3) is 0.222. The maximum Gasteiger partial charge on any atom is 0.321 e. The standard InChI is InChI=1S/C18H18ClN3O2/c19-14-6-8-15(9-7-14)20-18(24)21-11-10-17(23)22(13-12-21)16-4-2-1-3-5-16/h1-9H,10-13H2,(H,20,24). The first kappa shape index (κ1) is 16.3. The SMILES string of the molecule is O=C(Nc1ccc(Cl)cc1)N1CCC(=O)N(c2ccccc2)CC1. The molecule has 0 aliphatic carbocycles. The van der Waals surface area contributed by atoms with Crippen LogP contribution in [0.2, 0.25) is 5.02 Å². The Morgan fingerprint density at radius 1 is 0.958 bits per heavy atom. The third-order valence-electron chi connectivity index (χ3n) is 3.94. The van der Waals surface area contributed by atoms with E-state index in [-0.39, 0.29) is 11.9 Å². The van der Waals surface area contributed by atoms with Gasteiger partial charge in [-0.1, -0.05) is 29.8 Å². The molecule has 24 heavy (non-hydrogen) atoms. The minimum Gasteiger partial charge on any atom is -0.322 e. The zero-order valence-electron chi connectivity index (χ0n) is 13.1. The number of carbonyl (C=O) groups is 2. The Hall–Kier alpha value is -2.53. The highest BCUT2D eigenvalue weighted by Crippen LogP contribution is 2.18. The number of carbonyl (C=O) groups excluding carboxylic acids is 2. The van der Waals surface area contributed by atoms with Crippen molar-refractivity contribution in [3.8, 4) is 0 Å². The molecule has 0 unspecified atom stereocenters. The number of para-hydroxylation sites is 1. The van der Waals surface area contributed by atoms with Gasteiger partial charge in [-0.05, 0) is 36.4 Å². The van der Waals surface area contributed by atoms with Gasteiger partial charge in [-0.15, -0.1) is 0 Å². The maximum atomic E-state index is 12.4. The number of halogens is 1. The van der Waals surface area contributed by atoms with Crippen LogP contribution in [0.5, 0.6) is 0 Å². The predicted molar refractivity (Wildman–Crippen MR) is 95.5 cm³/mol. The summed E-state index contributed by atoms with van der Waals surface area (Å²) in [6, 6.07) is 16.3. The van der Waals surface area contributed by atoms with Crippen molar-refractivity contribution < 1.29 is 9.59 Å². The molecule has 1 N–H and O–H groups in total. The lowest BCUT2D eigenvalue weighted by molar-refractivity contribution is -0.118. The molecule has 1 saturated heterocycles. The monoisotopic (exact) mass is 343 g/mol. The summed E-state index contributed by atoms with van der Waals surface area (Å²) in [5.74, 6) is 0.0305. The van der Waals surface area contributed by atoms with Crippen LogP contribution in [0.25, 0.3) is 0 Å². The Bertz CT molecular complexity index is 719. The van der Waals surface area contributed by atoms with Crippen molar-refractivity contribution in [3.05, 3.63) is 59.6 Å². The third kappa shape index (κ3) is 3.86. The second-order valence-electron chi connectivity index (χ2n) is 5.56. The highest BCUT2D eigenvalue weighted by molar-refractivity contribution is 6.30. The van der Waals surface area contributed by atoms with Gasteiger partial charge in [0.2, 0.25) is 5.91 Å². The number of hydrogen-bond acceptors (Lipinski definition) is 2. The first-order chi connectivity index (χ1) is 11.6. The molecule has 0 saturated carbocycles. The largest absolute Gasteiger partial charge is 0.322 e. The second kappa shape index (κ2) is 7.36. The van der Waals surface area contributed by atoms with Gasteiger partial charge in [0.15, 0.2) is 0 Å². The van der Waals surface area contributed by atoms with Gasteiger partial charge in [0.25, 0.3) is 0 Å². The smallest absolute Gasteiger partial charge is 0.321 e. The van der Waals surface area contributed by atoms with Crippen LogP contribution in [0, 0.1) is 0 Å². The van der Waals surface area contributed by atoms with E-state index in [2.05, 4.69) is 5.32 Å². The van der Waals surface area contributed by atoms with E-state index < -0.39 is 0 Å². The number of benzene rings is 2. The highest BCUT2D eigenvalue weighted by atomic mass is 35.5. The molecule has 6 heteroatoms.